The standard InChI is InChI=1S/C9H5F6NO.C9H10O4S/c10-8(11,12)4-1-2-5(7(16)17)6(3-4)9(13,14)15;1-13-9-4-2-3-8(7-9)5-6-14(10,11)12/h1-3H,(H2,16,17);2-7H,1H3,(H,10,11,12)/b;6-5+. The SMILES string of the molecule is COc1cccc(/C=C/S(=O)(=O)O)c1.NC(=O)c1ccc(C(F)(F)F)cc1C(F)(F)F. The lowest BCUT2D eigenvalue weighted by molar-refractivity contribution is -0.143. The first-order valence-electron chi connectivity index (χ1n) is 7.92. The maximum absolute atomic E-state index is 12.4. The first kappa shape index (κ1) is 26.0. The third-order valence-corrected chi connectivity index (χ3v) is 3.92. The highest BCUT2D eigenvalue weighted by atomic mass is 32.2. The van der Waals surface area contributed by atoms with Gasteiger partial charge in [0.2, 0.25) is 5.91 Å². The van der Waals surface area contributed by atoms with Gasteiger partial charge in [-0.3, -0.25) is 9.35 Å². The average Bonchev–Trinajstić information content (AvgIpc) is 2.64. The summed E-state index contributed by atoms with van der Waals surface area (Å²) in [5.41, 5.74) is 1.11. The number of benzene rings is 2. The van der Waals surface area contributed by atoms with E-state index in [9.17, 15) is 39.6 Å². The highest BCUT2D eigenvalue weighted by Gasteiger charge is 2.39. The van der Waals surface area contributed by atoms with Crippen molar-refractivity contribution in [3.63, 3.8) is 0 Å². The number of primary amides is 1. The van der Waals surface area contributed by atoms with Gasteiger partial charge in [0.05, 0.1) is 29.2 Å². The topological polar surface area (TPSA) is 107 Å². The van der Waals surface area contributed by atoms with Gasteiger partial charge in [-0.05, 0) is 42.0 Å². The smallest absolute Gasteiger partial charge is 0.417 e. The lowest BCUT2D eigenvalue weighted by atomic mass is 10.0. The van der Waals surface area contributed by atoms with Gasteiger partial charge in [0, 0.05) is 0 Å². The van der Waals surface area contributed by atoms with Crippen molar-refractivity contribution in [3.8, 4) is 5.75 Å². The van der Waals surface area contributed by atoms with Crippen LogP contribution in [0.4, 0.5) is 26.3 Å². The van der Waals surface area contributed by atoms with Gasteiger partial charge in [-0.2, -0.15) is 34.8 Å². The van der Waals surface area contributed by atoms with E-state index in [2.05, 4.69) is 5.73 Å². The molecule has 13 heteroatoms. The van der Waals surface area contributed by atoms with E-state index in [-0.39, 0.29) is 6.07 Å². The normalized spacial score (nSPS) is 12.3. The largest absolute Gasteiger partial charge is 0.497 e. The number of methoxy groups -OCH3 is 1. The van der Waals surface area contributed by atoms with Crippen molar-refractivity contribution in [2.75, 3.05) is 7.11 Å². The highest BCUT2D eigenvalue weighted by molar-refractivity contribution is 7.88. The lowest BCUT2D eigenvalue weighted by Crippen LogP contribution is -2.20. The molecule has 170 valence electrons. The van der Waals surface area contributed by atoms with Crippen molar-refractivity contribution in [2.24, 2.45) is 5.73 Å². The molecular formula is C18H15F6NO5S. The number of carbonyl (C=O) groups is 1. The van der Waals surface area contributed by atoms with Crippen LogP contribution in [0.15, 0.2) is 47.9 Å². The molecule has 0 saturated carbocycles. The zero-order valence-corrected chi connectivity index (χ0v) is 16.3. The summed E-state index contributed by atoms with van der Waals surface area (Å²) in [4.78, 5) is 10.7. The summed E-state index contributed by atoms with van der Waals surface area (Å²) >= 11 is 0. The molecule has 0 heterocycles. The van der Waals surface area contributed by atoms with Gasteiger partial charge in [-0.25, -0.2) is 0 Å². The molecule has 0 unspecified atom stereocenters. The van der Waals surface area contributed by atoms with E-state index < -0.39 is 45.1 Å². The van der Waals surface area contributed by atoms with Gasteiger partial charge in [0.1, 0.15) is 5.75 Å². The zero-order chi connectivity index (χ0) is 24.0. The van der Waals surface area contributed by atoms with Crippen molar-refractivity contribution in [1.82, 2.24) is 0 Å². The fourth-order valence-corrected chi connectivity index (χ4v) is 2.41. The molecule has 0 fully saturated rings. The summed E-state index contributed by atoms with van der Waals surface area (Å²) in [7, 11) is -2.54. The molecule has 6 nitrogen and oxygen atoms in total. The van der Waals surface area contributed by atoms with Crippen LogP contribution in [0.5, 0.6) is 5.75 Å². The molecule has 0 saturated heterocycles. The quantitative estimate of drug-likeness (QED) is 0.509. The van der Waals surface area contributed by atoms with Crippen LogP contribution >= 0.6 is 0 Å². The Morgan fingerprint density at radius 1 is 1.03 bits per heavy atom. The zero-order valence-electron chi connectivity index (χ0n) is 15.5. The number of alkyl halides is 6. The molecule has 0 spiro atoms. The number of amides is 1. The Morgan fingerprint density at radius 3 is 2.10 bits per heavy atom. The monoisotopic (exact) mass is 471 g/mol. The summed E-state index contributed by atoms with van der Waals surface area (Å²) in [6, 6.07) is 7.46. The van der Waals surface area contributed by atoms with Gasteiger partial charge in [0.25, 0.3) is 10.1 Å². The number of rotatable bonds is 4. The molecule has 0 aliphatic heterocycles. The second-order valence-corrected chi connectivity index (χ2v) is 7.02. The van der Waals surface area contributed by atoms with Crippen LogP contribution in [0.25, 0.3) is 6.08 Å². The predicted octanol–water partition coefficient (Wildman–Crippen LogP) is 4.38. The lowest BCUT2D eigenvalue weighted by Gasteiger charge is -2.14. The van der Waals surface area contributed by atoms with Crippen LogP contribution in [0.2, 0.25) is 0 Å². The fraction of sp³-hybridized carbons (Fsp3) is 0.167. The summed E-state index contributed by atoms with van der Waals surface area (Å²) in [5.74, 6) is -0.812. The Morgan fingerprint density at radius 2 is 1.65 bits per heavy atom. The highest BCUT2D eigenvalue weighted by Crippen LogP contribution is 2.37. The first-order valence-corrected chi connectivity index (χ1v) is 9.43. The minimum atomic E-state index is -5.08. The van der Waals surface area contributed by atoms with Gasteiger partial charge in [-0.15, -0.1) is 0 Å². The number of hydrogen-bond donors (Lipinski definition) is 2. The second kappa shape index (κ2) is 9.83. The fourth-order valence-electron chi connectivity index (χ4n) is 2.08. The van der Waals surface area contributed by atoms with Gasteiger partial charge >= 0.3 is 12.4 Å². The maximum atomic E-state index is 12.4. The molecule has 2 aromatic carbocycles. The van der Waals surface area contributed by atoms with Crippen LogP contribution in [0.1, 0.15) is 27.0 Å². The molecule has 31 heavy (non-hydrogen) atoms. The van der Waals surface area contributed by atoms with Crippen molar-refractivity contribution in [3.05, 3.63) is 70.1 Å². The molecule has 3 N–H and O–H groups in total. The van der Waals surface area contributed by atoms with Crippen LogP contribution in [0.3, 0.4) is 0 Å². The molecule has 0 atom stereocenters. The van der Waals surface area contributed by atoms with Crippen LogP contribution < -0.4 is 10.5 Å². The van der Waals surface area contributed by atoms with Gasteiger partial charge in [-0.1, -0.05) is 12.1 Å². The van der Waals surface area contributed by atoms with Crippen LogP contribution in [0, 0.1) is 0 Å². The second-order valence-electron chi connectivity index (χ2n) is 5.71. The Hall–Kier alpha value is -3.06. The van der Waals surface area contributed by atoms with E-state index in [1.807, 2.05) is 0 Å². The van der Waals surface area contributed by atoms with E-state index in [1.54, 1.807) is 24.3 Å². The molecule has 0 aliphatic rings. The van der Waals surface area contributed by atoms with Gasteiger partial charge in [0.15, 0.2) is 0 Å². The summed E-state index contributed by atoms with van der Waals surface area (Å²) in [6.07, 6.45) is -8.71. The van der Waals surface area contributed by atoms with Crippen molar-refractivity contribution in [2.45, 2.75) is 12.4 Å². The summed E-state index contributed by atoms with van der Waals surface area (Å²) in [6.45, 7) is 0. The number of ether oxygens (including phenoxy) is 1. The van der Waals surface area contributed by atoms with E-state index in [0.717, 1.165) is 5.41 Å². The van der Waals surface area contributed by atoms with E-state index >= 15 is 0 Å². The van der Waals surface area contributed by atoms with E-state index in [1.165, 1.54) is 13.2 Å². The maximum Gasteiger partial charge on any atom is 0.417 e. The summed E-state index contributed by atoms with van der Waals surface area (Å²) in [5, 5.41) is 0.724. The number of halogens is 6. The molecule has 0 aromatic heterocycles. The Kier molecular flexibility index (Phi) is 8.24. The number of hydrogen-bond acceptors (Lipinski definition) is 4. The third-order valence-electron chi connectivity index (χ3n) is 3.44. The minimum absolute atomic E-state index is 0.139. The molecule has 2 aromatic rings. The number of nitrogens with two attached hydrogens (primary N) is 1. The van der Waals surface area contributed by atoms with Crippen molar-refractivity contribution in [1.29, 1.82) is 0 Å². The molecule has 0 bridgehead atoms. The Balaban J connectivity index is 0.000000316. The third kappa shape index (κ3) is 8.68. The van der Waals surface area contributed by atoms with Crippen molar-refractivity contribution < 1.29 is 48.8 Å². The minimum Gasteiger partial charge on any atom is -0.497 e. The average molecular weight is 471 g/mol. The Labute approximate surface area is 172 Å². The van der Waals surface area contributed by atoms with E-state index in [0.29, 0.717) is 23.4 Å². The Bertz CT molecular complexity index is 1060. The summed E-state index contributed by atoms with van der Waals surface area (Å²) < 4.78 is 108. The molecular weight excluding hydrogens is 456 g/mol. The number of carbonyl (C=O) groups excluding carboxylic acids is 1. The molecule has 0 radical (unpaired) electrons. The van der Waals surface area contributed by atoms with Gasteiger partial charge < -0.3 is 10.5 Å². The van der Waals surface area contributed by atoms with Crippen LogP contribution in [-0.2, 0) is 22.5 Å². The van der Waals surface area contributed by atoms with Crippen molar-refractivity contribution >= 4 is 22.1 Å². The molecule has 0 aliphatic carbocycles. The van der Waals surface area contributed by atoms with Crippen LogP contribution in [-0.4, -0.2) is 26.0 Å². The first-order chi connectivity index (χ1) is 14.0. The molecule has 1 amide bonds. The van der Waals surface area contributed by atoms with E-state index in [4.69, 9.17) is 9.29 Å². The predicted molar refractivity (Wildman–Crippen MR) is 98.5 cm³/mol. The molecule has 2 rings (SSSR count).